The van der Waals surface area contributed by atoms with Gasteiger partial charge in [0.05, 0.1) is 0 Å². The van der Waals surface area contributed by atoms with Crippen molar-refractivity contribution >= 4 is 6.09 Å². The van der Waals surface area contributed by atoms with Crippen LogP contribution in [0.3, 0.4) is 0 Å². The molecule has 1 amide bonds. The second-order valence-electron chi connectivity index (χ2n) is 6.07. The lowest BCUT2D eigenvalue weighted by Crippen LogP contribution is -2.53. The van der Waals surface area contributed by atoms with Crippen LogP contribution in [0, 0.1) is 0 Å². The molecular formula is C12H23N3O2. The van der Waals surface area contributed by atoms with Gasteiger partial charge in [-0.3, -0.25) is 4.90 Å². The van der Waals surface area contributed by atoms with Crippen molar-refractivity contribution in [2.75, 3.05) is 26.2 Å². The number of nitrogens with two attached hydrogens (primary N) is 1. The van der Waals surface area contributed by atoms with Crippen LogP contribution in [0.5, 0.6) is 0 Å². The smallest absolute Gasteiger partial charge is 0.410 e. The molecular weight excluding hydrogens is 218 g/mol. The predicted octanol–water partition coefficient (Wildman–Crippen LogP) is 0.639. The Morgan fingerprint density at radius 2 is 2.00 bits per heavy atom. The van der Waals surface area contributed by atoms with E-state index in [9.17, 15) is 4.79 Å². The summed E-state index contributed by atoms with van der Waals surface area (Å²) in [5, 5.41) is 0. The first-order valence-corrected chi connectivity index (χ1v) is 6.33. The van der Waals surface area contributed by atoms with E-state index in [4.69, 9.17) is 10.5 Å². The van der Waals surface area contributed by atoms with Gasteiger partial charge in [0.1, 0.15) is 5.60 Å². The molecule has 2 heterocycles. The van der Waals surface area contributed by atoms with Crippen LogP contribution in [0.4, 0.5) is 4.79 Å². The fourth-order valence-corrected chi connectivity index (χ4v) is 2.57. The van der Waals surface area contributed by atoms with Crippen LogP contribution < -0.4 is 5.73 Å². The maximum absolute atomic E-state index is 11.9. The maximum atomic E-state index is 11.9. The summed E-state index contributed by atoms with van der Waals surface area (Å²) in [6.07, 6.45) is 0.789. The first kappa shape index (κ1) is 12.6. The van der Waals surface area contributed by atoms with Crippen molar-refractivity contribution in [2.24, 2.45) is 5.73 Å². The van der Waals surface area contributed by atoms with Crippen LogP contribution >= 0.6 is 0 Å². The van der Waals surface area contributed by atoms with Gasteiger partial charge in [-0.1, -0.05) is 0 Å². The highest BCUT2D eigenvalue weighted by Gasteiger charge is 2.37. The normalized spacial score (nSPS) is 30.2. The number of amides is 1. The third-order valence-electron chi connectivity index (χ3n) is 3.30. The Labute approximate surface area is 103 Å². The monoisotopic (exact) mass is 241 g/mol. The van der Waals surface area contributed by atoms with Gasteiger partial charge >= 0.3 is 6.09 Å². The molecule has 0 saturated carbocycles. The van der Waals surface area contributed by atoms with Gasteiger partial charge < -0.3 is 15.4 Å². The highest BCUT2D eigenvalue weighted by atomic mass is 16.6. The minimum absolute atomic E-state index is 0.197. The number of carbonyl (C=O) groups excluding carboxylic acids is 1. The van der Waals surface area contributed by atoms with Crippen LogP contribution in [-0.4, -0.2) is 59.8 Å². The summed E-state index contributed by atoms with van der Waals surface area (Å²) in [5.74, 6) is 0. The summed E-state index contributed by atoms with van der Waals surface area (Å²) in [6, 6.07) is 0.685. The van der Waals surface area contributed by atoms with Gasteiger partial charge in [0.25, 0.3) is 0 Å². The molecule has 2 rings (SSSR count). The zero-order valence-corrected chi connectivity index (χ0v) is 11.0. The summed E-state index contributed by atoms with van der Waals surface area (Å²) in [5.41, 5.74) is 5.53. The average Bonchev–Trinajstić information content (AvgIpc) is 2.53. The van der Waals surface area contributed by atoms with Crippen molar-refractivity contribution in [3.8, 4) is 0 Å². The molecule has 5 nitrogen and oxygen atoms in total. The molecule has 0 radical (unpaired) electrons. The molecule has 98 valence electrons. The summed E-state index contributed by atoms with van der Waals surface area (Å²) in [7, 11) is 0. The quantitative estimate of drug-likeness (QED) is 0.676. The summed E-state index contributed by atoms with van der Waals surface area (Å²) in [4.78, 5) is 16.1. The van der Waals surface area contributed by atoms with E-state index in [1.165, 1.54) is 0 Å². The number of ether oxygens (including phenoxy) is 1. The average molecular weight is 241 g/mol. The SMILES string of the molecule is CC(C)(C)OC(=O)N1CCN2CC(N)CC2C1. The van der Waals surface area contributed by atoms with Crippen molar-refractivity contribution in [1.29, 1.82) is 0 Å². The molecule has 2 aliphatic rings. The number of hydrogen-bond donors (Lipinski definition) is 1. The van der Waals surface area contributed by atoms with Gasteiger partial charge in [-0.25, -0.2) is 4.79 Å². The van der Waals surface area contributed by atoms with Crippen LogP contribution in [0.1, 0.15) is 27.2 Å². The highest BCUT2D eigenvalue weighted by molar-refractivity contribution is 5.68. The Morgan fingerprint density at radius 3 is 2.65 bits per heavy atom. The van der Waals surface area contributed by atoms with Gasteiger partial charge in [0, 0.05) is 38.3 Å². The molecule has 2 aliphatic heterocycles. The molecule has 0 spiro atoms. The van der Waals surface area contributed by atoms with Gasteiger partial charge in [-0.2, -0.15) is 0 Å². The molecule has 2 N–H and O–H groups in total. The molecule has 0 aliphatic carbocycles. The number of hydrogen-bond acceptors (Lipinski definition) is 4. The maximum Gasteiger partial charge on any atom is 0.410 e. The minimum Gasteiger partial charge on any atom is -0.444 e. The number of carbonyl (C=O) groups is 1. The molecule has 2 atom stereocenters. The Balaban J connectivity index is 1.90. The zero-order valence-electron chi connectivity index (χ0n) is 11.0. The van der Waals surface area contributed by atoms with Gasteiger partial charge in [0.2, 0.25) is 0 Å². The lowest BCUT2D eigenvalue weighted by Gasteiger charge is -2.37. The fraction of sp³-hybridized carbons (Fsp3) is 0.917. The Bertz CT molecular complexity index is 301. The molecule has 0 aromatic rings. The molecule has 0 aromatic carbocycles. The zero-order chi connectivity index (χ0) is 12.6. The van der Waals surface area contributed by atoms with E-state index >= 15 is 0 Å². The van der Waals surface area contributed by atoms with Crippen molar-refractivity contribution < 1.29 is 9.53 Å². The first-order valence-electron chi connectivity index (χ1n) is 6.33. The molecule has 0 aromatic heterocycles. The van der Waals surface area contributed by atoms with E-state index in [1.807, 2.05) is 25.7 Å². The van der Waals surface area contributed by atoms with E-state index in [1.54, 1.807) is 0 Å². The first-order chi connectivity index (χ1) is 7.85. The van der Waals surface area contributed by atoms with E-state index in [0.29, 0.717) is 6.04 Å². The third kappa shape index (κ3) is 3.10. The van der Waals surface area contributed by atoms with Gasteiger partial charge in [-0.05, 0) is 27.2 Å². The van der Waals surface area contributed by atoms with Gasteiger partial charge in [-0.15, -0.1) is 0 Å². The summed E-state index contributed by atoms with van der Waals surface area (Å²) >= 11 is 0. The Morgan fingerprint density at radius 1 is 1.29 bits per heavy atom. The number of piperazine rings is 1. The predicted molar refractivity (Wildman–Crippen MR) is 65.8 cm³/mol. The Kier molecular flexibility index (Phi) is 3.32. The summed E-state index contributed by atoms with van der Waals surface area (Å²) < 4.78 is 5.39. The number of fused-ring (bicyclic) bond motifs is 1. The lowest BCUT2D eigenvalue weighted by molar-refractivity contribution is 0.00925. The topological polar surface area (TPSA) is 58.8 Å². The molecule has 2 fully saturated rings. The fourth-order valence-electron chi connectivity index (χ4n) is 2.57. The molecule has 17 heavy (non-hydrogen) atoms. The van der Waals surface area contributed by atoms with E-state index in [2.05, 4.69) is 4.90 Å². The number of nitrogens with zero attached hydrogens (tertiary/aromatic N) is 2. The van der Waals surface area contributed by atoms with Crippen LogP contribution in [-0.2, 0) is 4.74 Å². The summed E-state index contributed by atoms with van der Waals surface area (Å²) in [6.45, 7) is 9.07. The largest absolute Gasteiger partial charge is 0.444 e. The molecule has 2 saturated heterocycles. The highest BCUT2D eigenvalue weighted by Crippen LogP contribution is 2.22. The van der Waals surface area contributed by atoms with Gasteiger partial charge in [0.15, 0.2) is 0 Å². The number of rotatable bonds is 0. The van der Waals surface area contributed by atoms with Crippen LogP contribution in [0.15, 0.2) is 0 Å². The van der Waals surface area contributed by atoms with Crippen molar-refractivity contribution in [3.05, 3.63) is 0 Å². The minimum atomic E-state index is -0.416. The Hall–Kier alpha value is -0.810. The molecule has 5 heteroatoms. The molecule has 0 bridgehead atoms. The van der Waals surface area contributed by atoms with E-state index in [-0.39, 0.29) is 12.1 Å². The van der Waals surface area contributed by atoms with Crippen LogP contribution in [0.25, 0.3) is 0 Å². The second-order valence-corrected chi connectivity index (χ2v) is 6.07. The van der Waals surface area contributed by atoms with Crippen molar-refractivity contribution in [2.45, 2.75) is 44.9 Å². The van der Waals surface area contributed by atoms with Crippen molar-refractivity contribution in [1.82, 2.24) is 9.80 Å². The van der Waals surface area contributed by atoms with E-state index in [0.717, 1.165) is 32.6 Å². The van der Waals surface area contributed by atoms with E-state index < -0.39 is 5.60 Å². The van der Waals surface area contributed by atoms with Crippen molar-refractivity contribution in [3.63, 3.8) is 0 Å². The second kappa shape index (κ2) is 4.46. The standard InChI is InChI=1S/C12H23N3O2/c1-12(2,3)17-11(16)15-5-4-14-7-9(13)6-10(14)8-15/h9-10H,4-8,13H2,1-3H3. The lowest BCUT2D eigenvalue weighted by atomic mass is 10.1. The third-order valence-corrected chi connectivity index (χ3v) is 3.30. The molecule has 2 unspecified atom stereocenters. The van der Waals surface area contributed by atoms with Crippen LogP contribution in [0.2, 0.25) is 0 Å².